The average molecular weight is 506 g/mol. The van der Waals surface area contributed by atoms with E-state index >= 15 is 0 Å². The molecule has 0 spiro atoms. The van der Waals surface area contributed by atoms with Crippen molar-refractivity contribution in [2.24, 2.45) is 13.0 Å². The van der Waals surface area contributed by atoms with Crippen LogP contribution in [0.2, 0.25) is 0 Å². The van der Waals surface area contributed by atoms with Crippen LogP contribution in [0.3, 0.4) is 0 Å². The lowest BCUT2D eigenvalue weighted by Gasteiger charge is -2.26. The molecule has 10 heteroatoms. The lowest BCUT2D eigenvalue weighted by molar-refractivity contribution is -0.0307. The van der Waals surface area contributed by atoms with Crippen LogP contribution >= 0.6 is 0 Å². The number of halogens is 3. The molecule has 3 heterocycles. The number of rotatable bonds is 7. The summed E-state index contributed by atoms with van der Waals surface area (Å²) >= 11 is 0. The van der Waals surface area contributed by atoms with Crippen LogP contribution in [-0.4, -0.2) is 39.5 Å². The normalized spacial score (nSPS) is 13.8. The van der Waals surface area contributed by atoms with E-state index < -0.39 is 17.5 Å². The van der Waals surface area contributed by atoms with Gasteiger partial charge in [-0.2, -0.15) is 4.39 Å². The number of hydrogen-bond acceptors (Lipinski definition) is 6. The first-order valence-electron chi connectivity index (χ1n) is 11.8. The van der Waals surface area contributed by atoms with Gasteiger partial charge >= 0.3 is 0 Å². The molecule has 1 saturated heterocycles. The minimum absolute atomic E-state index is 0.147. The van der Waals surface area contributed by atoms with Crippen molar-refractivity contribution in [3.05, 3.63) is 77.9 Å². The topological polar surface area (TPSA) is 78.0 Å². The smallest absolute Gasteiger partial charge is 0.227 e. The third-order valence-electron chi connectivity index (χ3n) is 6.45. The van der Waals surface area contributed by atoms with Crippen LogP contribution in [0, 0.1) is 23.4 Å². The summed E-state index contributed by atoms with van der Waals surface area (Å²) < 4.78 is 56.2. The molecule has 188 valence electrons. The van der Waals surface area contributed by atoms with E-state index in [2.05, 4.69) is 20.5 Å². The Kier molecular flexibility index (Phi) is 5.97. The van der Waals surface area contributed by atoms with Gasteiger partial charge in [0.2, 0.25) is 11.7 Å². The predicted octanol–water partition coefficient (Wildman–Crippen LogP) is 5.11. The van der Waals surface area contributed by atoms with Crippen molar-refractivity contribution in [3.63, 3.8) is 0 Å². The Hall–Kier alpha value is -4.02. The molecule has 0 saturated carbocycles. The van der Waals surface area contributed by atoms with Gasteiger partial charge in [-0.3, -0.25) is 0 Å². The van der Waals surface area contributed by atoms with Crippen molar-refractivity contribution in [1.29, 1.82) is 0 Å². The van der Waals surface area contributed by atoms with E-state index in [4.69, 9.17) is 9.15 Å². The fraction of sp³-hybridized carbons (Fsp3) is 0.222. The van der Waals surface area contributed by atoms with E-state index in [0.29, 0.717) is 42.6 Å². The third kappa shape index (κ3) is 4.38. The summed E-state index contributed by atoms with van der Waals surface area (Å²) in [5.74, 6) is -1.39. The maximum absolute atomic E-state index is 14.9. The Labute approximate surface area is 209 Å². The number of fused-ring (bicyclic) bond motifs is 1. The van der Waals surface area contributed by atoms with E-state index in [1.165, 1.54) is 24.5 Å². The van der Waals surface area contributed by atoms with Crippen molar-refractivity contribution in [3.8, 4) is 34.0 Å². The highest BCUT2D eigenvalue weighted by molar-refractivity contribution is 5.83. The first kappa shape index (κ1) is 23.4. The second kappa shape index (κ2) is 9.45. The number of ether oxygens (including phenoxy) is 1. The molecular formula is C27H22F3N5O2. The highest BCUT2D eigenvalue weighted by Gasteiger charge is 2.22. The first-order chi connectivity index (χ1) is 18.0. The number of aryl methyl sites for hydroxylation is 1. The van der Waals surface area contributed by atoms with E-state index in [1.807, 2.05) is 6.07 Å². The van der Waals surface area contributed by atoms with Gasteiger partial charge in [0.25, 0.3) is 0 Å². The van der Waals surface area contributed by atoms with Crippen LogP contribution in [0.4, 0.5) is 13.2 Å². The van der Waals surface area contributed by atoms with Crippen molar-refractivity contribution in [2.75, 3.05) is 19.8 Å². The minimum Gasteiger partial charge on any atom is -0.433 e. The van der Waals surface area contributed by atoms with Crippen molar-refractivity contribution < 1.29 is 22.3 Å². The van der Waals surface area contributed by atoms with Crippen LogP contribution in [0.25, 0.3) is 45.1 Å². The van der Waals surface area contributed by atoms with E-state index in [0.717, 1.165) is 11.1 Å². The maximum atomic E-state index is 14.9. The number of aromatic nitrogens is 4. The van der Waals surface area contributed by atoms with E-state index in [-0.39, 0.29) is 29.1 Å². The molecule has 0 bridgehead atoms. The van der Waals surface area contributed by atoms with Gasteiger partial charge in [-0.05, 0) is 41.5 Å². The SMILES string of the molecule is Cn1cnnc1-c1cc(F)ccc1-c1cccc(-c2nc3cc(CNCC4COC4)c(F)c(F)c3o2)c1. The Bertz CT molecular complexity index is 1610. The maximum Gasteiger partial charge on any atom is 0.227 e. The summed E-state index contributed by atoms with van der Waals surface area (Å²) in [6.07, 6.45) is 1.54. The highest BCUT2D eigenvalue weighted by atomic mass is 19.2. The van der Waals surface area contributed by atoms with Gasteiger partial charge in [-0.25, -0.2) is 13.8 Å². The van der Waals surface area contributed by atoms with E-state index in [9.17, 15) is 13.2 Å². The van der Waals surface area contributed by atoms with Gasteiger partial charge in [-0.1, -0.05) is 18.2 Å². The summed E-state index contributed by atoms with van der Waals surface area (Å²) in [7, 11) is 1.78. The first-order valence-corrected chi connectivity index (χ1v) is 11.8. The van der Waals surface area contributed by atoms with E-state index in [1.54, 1.807) is 35.9 Å². The number of nitrogens with zero attached hydrogens (tertiary/aromatic N) is 4. The average Bonchev–Trinajstić information content (AvgIpc) is 3.50. The lowest BCUT2D eigenvalue weighted by atomic mass is 9.97. The summed E-state index contributed by atoms with van der Waals surface area (Å²) in [6.45, 7) is 2.18. The molecule has 0 atom stereocenters. The quantitative estimate of drug-likeness (QED) is 0.331. The molecule has 0 amide bonds. The lowest BCUT2D eigenvalue weighted by Crippen LogP contribution is -2.36. The van der Waals surface area contributed by atoms with Crippen LogP contribution in [-0.2, 0) is 18.3 Å². The summed E-state index contributed by atoms with van der Waals surface area (Å²) in [5, 5.41) is 11.2. The fourth-order valence-corrected chi connectivity index (χ4v) is 4.42. The Morgan fingerprint density at radius 3 is 2.59 bits per heavy atom. The molecular weight excluding hydrogens is 483 g/mol. The fourth-order valence-electron chi connectivity index (χ4n) is 4.42. The number of benzene rings is 3. The van der Waals surface area contributed by atoms with Crippen LogP contribution in [0.1, 0.15) is 5.56 Å². The molecule has 0 radical (unpaired) electrons. The summed E-state index contributed by atoms with van der Waals surface area (Å²) in [4.78, 5) is 4.44. The molecule has 0 aliphatic carbocycles. The number of hydrogen-bond donors (Lipinski definition) is 1. The van der Waals surface area contributed by atoms with Gasteiger partial charge in [-0.15, -0.1) is 10.2 Å². The zero-order chi connectivity index (χ0) is 25.5. The van der Waals surface area contributed by atoms with Gasteiger partial charge in [0, 0.05) is 42.7 Å². The molecule has 1 N–H and O–H groups in total. The highest BCUT2D eigenvalue weighted by Crippen LogP contribution is 2.35. The largest absolute Gasteiger partial charge is 0.433 e. The standard InChI is InChI=1S/C27H22F3N5O2/c1-35-14-32-34-26(35)21-9-19(28)5-6-20(21)16-3-2-4-17(7-16)27-33-22-8-18(11-31-10-15-12-36-13-15)23(29)24(30)25(22)37-27/h2-9,14-15,31H,10-13H2,1H3. The third-order valence-corrected chi connectivity index (χ3v) is 6.45. The monoisotopic (exact) mass is 505 g/mol. The van der Waals surface area contributed by atoms with Crippen molar-refractivity contribution in [1.82, 2.24) is 25.1 Å². The molecule has 5 aromatic rings. The van der Waals surface area contributed by atoms with Crippen LogP contribution < -0.4 is 5.32 Å². The molecule has 2 aromatic heterocycles. The molecule has 1 fully saturated rings. The number of oxazole rings is 1. The summed E-state index contributed by atoms with van der Waals surface area (Å²) in [6, 6.07) is 13.1. The molecule has 37 heavy (non-hydrogen) atoms. The molecule has 3 aromatic carbocycles. The number of nitrogens with one attached hydrogen (secondary N) is 1. The molecule has 1 aliphatic heterocycles. The Morgan fingerprint density at radius 1 is 1.00 bits per heavy atom. The van der Waals surface area contributed by atoms with Crippen molar-refractivity contribution in [2.45, 2.75) is 6.54 Å². The van der Waals surface area contributed by atoms with Gasteiger partial charge in [0.05, 0.1) is 13.2 Å². The molecule has 6 rings (SSSR count). The Balaban J connectivity index is 1.35. The van der Waals surface area contributed by atoms with Gasteiger partial charge in [0.15, 0.2) is 17.2 Å². The second-order valence-corrected chi connectivity index (χ2v) is 9.10. The van der Waals surface area contributed by atoms with Gasteiger partial charge < -0.3 is 19.0 Å². The zero-order valence-electron chi connectivity index (χ0n) is 19.8. The minimum atomic E-state index is -1.07. The van der Waals surface area contributed by atoms with Crippen molar-refractivity contribution >= 4 is 11.1 Å². The Morgan fingerprint density at radius 2 is 1.84 bits per heavy atom. The molecule has 7 nitrogen and oxygen atoms in total. The molecule has 0 unspecified atom stereocenters. The van der Waals surface area contributed by atoms with Crippen LogP contribution in [0.15, 0.2) is 59.3 Å². The van der Waals surface area contributed by atoms with Crippen LogP contribution in [0.5, 0.6) is 0 Å². The second-order valence-electron chi connectivity index (χ2n) is 9.10. The predicted molar refractivity (Wildman–Crippen MR) is 131 cm³/mol. The van der Waals surface area contributed by atoms with Gasteiger partial charge in [0.1, 0.15) is 17.7 Å². The zero-order valence-corrected chi connectivity index (χ0v) is 19.8. The summed E-state index contributed by atoms with van der Waals surface area (Å²) in [5.41, 5.74) is 2.76. The molecule has 1 aliphatic rings.